The molecule has 0 aliphatic carbocycles. The highest BCUT2D eigenvalue weighted by Crippen LogP contribution is 2.28. The predicted octanol–water partition coefficient (Wildman–Crippen LogP) is 5.82. The zero-order valence-electron chi connectivity index (χ0n) is 18.6. The van der Waals surface area contributed by atoms with Gasteiger partial charge in [0.25, 0.3) is 11.8 Å². The van der Waals surface area contributed by atoms with Gasteiger partial charge in [-0.2, -0.15) is 0 Å². The highest BCUT2D eigenvalue weighted by molar-refractivity contribution is 7.99. The van der Waals surface area contributed by atoms with Crippen molar-refractivity contribution >= 4 is 29.3 Å². The normalized spacial score (nSPS) is 11.6. The number of ether oxygens (including phenoxy) is 1. The largest absolute Gasteiger partial charge is 0.488 e. The Kier molecular flexibility index (Phi) is 7.95. The molecule has 0 radical (unpaired) electrons. The van der Waals surface area contributed by atoms with E-state index in [0.29, 0.717) is 22.1 Å². The Morgan fingerprint density at radius 2 is 1.84 bits per heavy atom. The molecule has 166 valence electrons. The Bertz CT molecular complexity index is 1110. The molecule has 0 aromatic heterocycles. The van der Waals surface area contributed by atoms with Crippen molar-refractivity contribution in [3.63, 3.8) is 0 Å². The number of thioether (sulfide) groups is 1. The van der Waals surface area contributed by atoms with Gasteiger partial charge < -0.3 is 15.8 Å². The molecule has 1 atom stereocenters. The first-order valence-corrected chi connectivity index (χ1v) is 11.4. The molecule has 0 spiro atoms. The monoisotopic (exact) mass is 448 g/mol. The quantitative estimate of drug-likeness (QED) is 0.404. The Hall–Kier alpha value is -3.25. The van der Waals surface area contributed by atoms with Crippen molar-refractivity contribution in [1.82, 2.24) is 0 Å². The number of aryl methyl sites for hydroxylation is 1. The molecular weight excluding hydrogens is 420 g/mol. The summed E-state index contributed by atoms with van der Waals surface area (Å²) >= 11 is 1.83. The van der Waals surface area contributed by atoms with E-state index >= 15 is 0 Å². The Morgan fingerprint density at radius 3 is 2.56 bits per heavy atom. The Labute approximate surface area is 193 Å². The topological polar surface area (TPSA) is 81.4 Å². The fraction of sp³-hybridized carbons (Fsp3) is 0.231. The summed E-state index contributed by atoms with van der Waals surface area (Å²) in [6.07, 6.45) is 1.11. The van der Waals surface area contributed by atoms with E-state index in [1.165, 1.54) is 4.90 Å². The number of carbonyl (C=O) groups excluding carboxylic acids is 2. The van der Waals surface area contributed by atoms with Gasteiger partial charge in [-0.3, -0.25) is 9.59 Å². The van der Waals surface area contributed by atoms with Crippen LogP contribution in [0.5, 0.6) is 5.75 Å². The SMILES string of the molecule is CCC(C)Sc1ccc(NC(=O)c2cccc(COc3ccccc3C(N)=O)c2)c(C)c1. The van der Waals surface area contributed by atoms with Gasteiger partial charge in [-0.25, -0.2) is 0 Å². The third-order valence-corrected chi connectivity index (χ3v) is 6.36. The Balaban J connectivity index is 1.67. The van der Waals surface area contributed by atoms with Crippen LogP contribution in [0.1, 0.15) is 52.1 Å². The number of nitrogens with two attached hydrogens (primary N) is 1. The van der Waals surface area contributed by atoms with Gasteiger partial charge in [-0.15, -0.1) is 11.8 Å². The number of benzene rings is 3. The zero-order valence-corrected chi connectivity index (χ0v) is 19.4. The molecule has 5 nitrogen and oxygen atoms in total. The van der Waals surface area contributed by atoms with Gasteiger partial charge in [0.2, 0.25) is 0 Å². The lowest BCUT2D eigenvalue weighted by Gasteiger charge is -2.13. The van der Waals surface area contributed by atoms with Crippen LogP contribution in [0.25, 0.3) is 0 Å². The standard InChI is InChI=1S/C26H28N2O3S/c1-4-18(3)32-21-12-13-23(17(2)14-21)28-26(30)20-9-7-8-19(15-20)16-31-24-11-6-5-10-22(24)25(27)29/h5-15,18H,4,16H2,1-3H3,(H2,27,29)(H,28,30). The van der Waals surface area contributed by atoms with Crippen molar-refractivity contribution in [1.29, 1.82) is 0 Å². The highest BCUT2D eigenvalue weighted by atomic mass is 32.2. The lowest BCUT2D eigenvalue weighted by molar-refractivity contribution is 0.0994. The van der Waals surface area contributed by atoms with Crippen molar-refractivity contribution in [3.05, 3.63) is 89.0 Å². The van der Waals surface area contributed by atoms with Crippen molar-refractivity contribution < 1.29 is 14.3 Å². The number of amides is 2. The summed E-state index contributed by atoms with van der Waals surface area (Å²) in [5, 5.41) is 3.55. The third-order valence-electron chi connectivity index (χ3n) is 5.09. The van der Waals surface area contributed by atoms with E-state index in [4.69, 9.17) is 10.5 Å². The predicted molar refractivity (Wildman–Crippen MR) is 130 cm³/mol. The van der Waals surface area contributed by atoms with E-state index in [0.717, 1.165) is 23.2 Å². The minimum atomic E-state index is -0.544. The van der Waals surface area contributed by atoms with E-state index in [1.807, 2.05) is 43.0 Å². The van der Waals surface area contributed by atoms with Gasteiger partial charge in [-0.1, -0.05) is 38.1 Å². The number of primary amides is 1. The molecule has 3 rings (SSSR count). The van der Waals surface area contributed by atoms with Gasteiger partial charge in [0.1, 0.15) is 12.4 Å². The van der Waals surface area contributed by atoms with Crippen LogP contribution < -0.4 is 15.8 Å². The van der Waals surface area contributed by atoms with Crippen LogP contribution in [0.4, 0.5) is 5.69 Å². The lowest BCUT2D eigenvalue weighted by Crippen LogP contribution is -2.14. The molecule has 0 saturated carbocycles. The summed E-state index contributed by atoms with van der Waals surface area (Å²) < 4.78 is 5.78. The van der Waals surface area contributed by atoms with E-state index in [-0.39, 0.29) is 12.5 Å². The zero-order chi connectivity index (χ0) is 23.1. The number of para-hydroxylation sites is 1. The molecule has 32 heavy (non-hydrogen) atoms. The van der Waals surface area contributed by atoms with Gasteiger partial charge in [0.15, 0.2) is 0 Å². The molecule has 3 aromatic carbocycles. The van der Waals surface area contributed by atoms with Crippen LogP contribution in [0.3, 0.4) is 0 Å². The summed E-state index contributed by atoms with van der Waals surface area (Å²) in [5.41, 5.74) is 8.89. The second-order valence-electron chi connectivity index (χ2n) is 7.62. The fourth-order valence-electron chi connectivity index (χ4n) is 3.12. The summed E-state index contributed by atoms with van der Waals surface area (Å²) in [7, 11) is 0. The van der Waals surface area contributed by atoms with E-state index < -0.39 is 5.91 Å². The maximum Gasteiger partial charge on any atom is 0.255 e. The molecule has 1 unspecified atom stereocenters. The second kappa shape index (κ2) is 10.9. The third kappa shape index (κ3) is 6.14. The van der Waals surface area contributed by atoms with Gasteiger partial charge >= 0.3 is 0 Å². The average Bonchev–Trinajstić information content (AvgIpc) is 2.79. The molecule has 6 heteroatoms. The minimum Gasteiger partial charge on any atom is -0.488 e. The number of anilines is 1. The molecule has 2 amide bonds. The summed E-state index contributed by atoms with van der Waals surface area (Å²) in [4.78, 5) is 25.6. The summed E-state index contributed by atoms with van der Waals surface area (Å²) in [6.45, 7) is 6.59. The van der Waals surface area contributed by atoms with Gasteiger partial charge in [-0.05, 0) is 66.9 Å². The van der Waals surface area contributed by atoms with E-state index in [1.54, 1.807) is 36.4 Å². The van der Waals surface area contributed by atoms with Gasteiger partial charge in [0, 0.05) is 21.4 Å². The Morgan fingerprint density at radius 1 is 1.06 bits per heavy atom. The number of hydrogen-bond donors (Lipinski definition) is 2. The second-order valence-corrected chi connectivity index (χ2v) is 9.13. The number of nitrogens with one attached hydrogen (secondary N) is 1. The minimum absolute atomic E-state index is 0.185. The molecule has 0 bridgehead atoms. The van der Waals surface area contributed by atoms with Crippen molar-refractivity contribution in [2.75, 3.05) is 5.32 Å². The van der Waals surface area contributed by atoms with Crippen molar-refractivity contribution in [2.24, 2.45) is 5.73 Å². The van der Waals surface area contributed by atoms with Crippen LogP contribution in [-0.4, -0.2) is 17.1 Å². The lowest BCUT2D eigenvalue weighted by atomic mass is 10.1. The van der Waals surface area contributed by atoms with Crippen LogP contribution in [0.2, 0.25) is 0 Å². The molecule has 0 aliphatic rings. The van der Waals surface area contributed by atoms with Crippen LogP contribution in [0, 0.1) is 6.92 Å². The van der Waals surface area contributed by atoms with E-state index in [9.17, 15) is 9.59 Å². The fourth-order valence-corrected chi connectivity index (χ4v) is 4.14. The first kappa shape index (κ1) is 23.4. The number of hydrogen-bond acceptors (Lipinski definition) is 4. The molecule has 3 aromatic rings. The van der Waals surface area contributed by atoms with E-state index in [2.05, 4.69) is 25.2 Å². The number of rotatable bonds is 9. The molecule has 0 aliphatic heterocycles. The van der Waals surface area contributed by atoms with Crippen molar-refractivity contribution in [3.8, 4) is 5.75 Å². The summed E-state index contributed by atoms with van der Waals surface area (Å²) in [6, 6.07) is 20.2. The smallest absolute Gasteiger partial charge is 0.255 e. The van der Waals surface area contributed by atoms with Crippen LogP contribution in [-0.2, 0) is 6.61 Å². The maximum absolute atomic E-state index is 12.8. The summed E-state index contributed by atoms with van der Waals surface area (Å²) in [5.74, 6) is -0.312. The molecular formula is C26H28N2O3S. The van der Waals surface area contributed by atoms with Crippen molar-refractivity contribution in [2.45, 2.75) is 43.9 Å². The highest BCUT2D eigenvalue weighted by Gasteiger charge is 2.12. The first-order chi connectivity index (χ1) is 15.4. The molecule has 0 heterocycles. The molecule has 3 N–H and O–H groups in total. The van der Waals surface area contributed by atoms with Crippen LogP contribution >= 0.6 is 11.8 Å². The molecule has 0 fully saturated rings. The first-order valence-electron chi connectivity index (χ1n) is 10.6. The molecule has 0 saturated heterocycles. The number of carbonyl (C=O) groups is 2. The van der Waals surface area contributed by atoms with Crippen LogP contribution in [0.15, 0.2) is 71.6 Å². The average molecular weight is 449 g/mol. The van der Waals surface area contributed by atoms with Gasteiger partial charge in [0.05, 0.1) is 5.56 Å². The maximum atomic E-state index is 12.8.